The zero-order chi connectivity index (χ0) is 17.6. The van der Waals surface area contributed by atoms with Gasteiger partial charge in [0.25, 0.3) is 0 Å². The van der Waals surface area contributed by atoms with Crippen LogP contribution < -0.4 is 42.4 Å². The van der Waals surface area contributed by atoms with Crippen LogP contribution in [0.15, 0.2) is 52.6 Å². The largest absolute Gasteiger partial charge is 1.00 e. The normalized spacial score (nSPS) is 16.5. The Balaban J connectivity index is 0. The Morgan fingerprint density at radius 1 is 0.731 bits per heavy atom. The topological polar surface area (TPSA) is 0 Å². The minimum absolute atomic E-state index is 0. The van der Waals surface area contributed by atoms with Crippen LogP contribution in [0.5, 0.6) is 0 Å². The summed E-state index contributed by atoms with van der Waals surface area (Å²) in [6, 6.07) is 11.4. The Labute approximate surface area is 192 Å². The Hall–Kier alpha value is 0.501. The van der Waals surface area contributed by atoms with Gasteiger partial charge in [-0.25, -0.2) is 0 Å². The zero-order valence-electron chi connectivity index (χ0n) is 17.2. The molecule has 0 saturated heterocycles. The molecule has 0 bridgehead atoms. The second kappa shape index (κ2) is 10.3. The second-order valence-electron chi connectivity index (χ2n) is 7.79. The summed E-state index contributed by atoms with van der Waals surface area (Å²) in [7, 11) is -1.84. The van der Waals surface area contributed by atoms with Crippen LogP contribution in [0.2, 0.25) is 14.4 Å². The average molecular weight is 466 g/mol. The molecule has 0 spiro atoms. The molecule has 0 nitrogen and oxygen atoms in total. The fourth-order valence-corrected chi connectivity index (χ4v) is 16.3. The smallest absolute Gasteiger partial charge is 1.00 e. The first-order valence-corrected chi connectivity index (χ1v) is 11.7. The van der Waals surface area contributed by atoms with Crippen molar-refractivity contribution in [1.29, 1.82) is 0 Å². The Kier molecular flexibility index (Phi) is 11.4. The third kappa shape index (κ3) is 3.82. The van der Waals surface area contributed by atoms with Gasteiger partial charge in [-0.2, -0.15) is 0 Å². The van der Waals surface area contributed by atoms with E-state index in [0.717, 1.165) is 0 Å². The van der Waals surface area contributed by atoms with E-state index in [9.17, 15) is 0 Å². The molecule has 0 unspecified atom stereocenters. The fourth-order valence-electron chi connectivity index (χ4n) is 5.16. The van der Waals surface area contributed by atoms with Gasteiger partial charge in [0.2, 0.25) is 0 Å². The molecular weight excluding hydrogens is 435 g/mol. The van der Waals surface area contributed by atoms with Gasteiger partial charge in [0, 0.05) is 0 Å². The minimum Gasteiger partial charge on any atom is -1.00 e. The van der Waals surface area contributed by atoms with Crippen LogP contribution in [0.1, 0.15) is 55.4 Å². The summed E-state index contributed by atoms with van der Waals surface area (Å²) >= 11 is 2.55. The molecule has 5 heteroatoms. The van der Waals surface area contributed by atoms with Crippen molar-refractivity contribution >= 4 is 13.3 Å². The van der Waals surface area contributed by atoms with Gasteiger partial charge in [0.1, 0.15) is 0 Å². The molecule has 26 heavy (non-hydrogen) atoms. The van der Waals surface area contributed by atoms with Crippen molar-refractivity contribution in [3.63, 3.8) is 0 Å². The van der Waals surface area contributed by atoms with Gasteiger partial charge in [-0.1, -0.05) is 0 Å². The molecule has 0 saturated carbocycles. The molecular formula is C21H31Cl3SiTi. The van der Waals surface area contributed by atoms with Crippen molar-refractivity contribution in [2.24, 2.45) is 0 Å². The van der Waals surface area contributed by atoms with E-state index in [1.807, 2.05) is 0 Å². The predicted molar refractivity (Wildman–Crippen MR) is 101 cm³/mol. The molecule has 0 N–H and O–H groups in total. The van der Waals surface area contributed by atoms with E-state index in [1.54, 1.807) is 16.3 Å². The second-order valence-corrected chi connectivity index (χ2v) is 15.1. The van der Waals surface area contributed by atoms with Crippen LogP contribution in [0.25, 0.3) is 0 Å². The number of benzene rings is 1. The molecule has 2 rings (SSSR count). The molecule has 0 aromatic heterocycles. The number of rotatable bonds is 4. The third-order valence-electron chi connectivity index (χ3n) is 6.51. The van der Waals surface area contributed by atoms with Crippen LogP contribution in [0.4, 0.5) is 0 Å². The van der Waals surface area contributed by atoms with Gasteiger partial charge in [0.15, 0.2) is 0 Å². The Bertz CT molecular complexity index is 631. The van der Waals surface area contributed by atoms with Gasteiger partial charge in [-0.3, -0.25) is 0 Å². The maximum absolute atomic E-state index is 2.55. The van der Waals surface area contributed by atoms with Gasteiger partial charge in [-0.15, -0.1) is 0 Å². The standard InChI is InChI=1S/C21H31Si.3ClH.Ti/c1-14(2)22(15(3)4,20-12-10-9-11-13-20)21-18(7)16(5)17(6)19(21)8;;;;/h9-15H,1-8H3;3*1H;/q;;;;+3/p-3. The zero-order valence-corrected chi connectivity index (χ0v) is 22.0. The van der Waals surface area contributed by atoms with Crippen LogP contribution in [-0.2, 0) is 20.4 Å². The summed E-state index contributed by atoms with van der Waals surface area (Å²) in [5.74, 6) is 0. The summed E-state index contributed by atoms with van der Waals surface area (Å²) in [5.41, 5.74) is 7.67. The molecule has 1 aliphatic rings. The monoisotopic (exact) mass is 464 g/mol. The summed E-state index contributed by atoms with van der Waals surface area (Å²) in [4.78, 5) is 0. The number of allylic oxidation sites excluding steroid dienone is 4. The van der Waals surface area contributed by atoms with E-state index in [-0.39, 0.29) is 40.6 Å². The summed E-state index contributed by atoms with van der Waals surface area (Å²) in [6.45, 7) is 19.3. The van der Waals surface area contributed by atoms with Crippen LogP contribution in [0, 0.1) is 0 Å². The van der Waals surface area contributed by atoms with E-state index in [0.29, 0.717) is 11.1 Å². The first kappa shape index (κ1) is 28.7. The number of hydrogen-bond acceptors (Lipinski definition) is 0. The first-order chi connectivity index (χ1) is 10.6. The molecule has 0 amide bonds. The summed E-state index contributed by atoms with van der Waals surface area (Å²) in [6.07, 6.45) is 0. The number of halogens is 3. The third-order valence-corrected chi connectivity index (χ3v) is 16.5. The Morgan fingerprint density at radius 2 is 1.08 bits per heavy atom. The van der Waals surface area contributed by atoms with Crippen molar-refractivity contribution in [3.05, 3.63) is 52.6 Å². The van der Waals surface area contributed by atoms with Crippen molar-refractivity contribution in [3.8, 4) is 0 Å². The molecule has 0 atom stereocenters. The molecule has 144 valence electrons. The summed E-state index contributed by atoms with van der Waals surface area (Å²) in [5, 5.41) is 1.62. The molecule has 0 fully saturated rings. The maximum atomic E-state index is 2.55. The molecule has 1 aliphatic carbocycles. The Morgan fingerprint density at radius 3 is 1.38 bits per heavy atom. The van der Waals surface area contributed by atoms with E-state index in [1.165, 1.54) is 11.1 Å². The van der Waals surface area contributed by atoms with E-state index in [4.69, 9.17) is 0 Å². The predicted octanol–water partition coefficient (Wildman–Crippen LogP) is -2.89. The molecule has 0 aliphatic heterocycles. The van der Waals surface area contributed by atoms with Gasteiger partial charge in [-0.05, 0) is 0 Å². The van der Waals surface area contributed by atoms with Crippen LogP contribution in [0.3, 0.4) is 0 Å². The van der Waals surface area contributed by atoms with Crippen LogP contribution >= 0.6 is 0 Å². The van der Waals surface area contributed by atoms with Gasteiger partial charge >= 0.3 is 156 Å². The van der Waals surface area contributed by atoms with Crippen LogP contribution in [-0.4, -0.2) is 8.07 Å². The quantitative estimate of drug-likeness (QED) is 0.419. The van der Waals surface area contributed by atoms with Gasteiger partial charge in [0.05, 0.1) is 0 Å². The molecule has 0 heterocycles. The van der Waals surface area contributed by atoms with Crippen molar-refractivity contribution in [2.45, 2.75) is 69.8 Å². The van der Waals surface area contributed by atoms with Crippen molar-refractivity contribution < 1.29 is 57.7 Å². The van der Waals surface area contributed by atoms with E-state index >= 15 is 0 Å². The molecule has 1 aromatic rings. The van der Waals surface area contributed by atoms with Crippen molar-refractivity contribution in [2.75, 3.05) is 0 Å². The summed E-state index contributed by atoms with van der Waals surface area (Å²) < 4.78 is 0.213. The average Bonchev–Trinajstić information content (AvgIpc) is 2.65. The SMILES string of the molecule is CC1=C(C)[C]([Ti+3])([Si](c2ccccc2)(C(C)C)C(C)C)C(C)=C1C.[Cl-].[Cl-].[Cl-]. The van der Waals surface area contributed by atoms with Crippen molar-refractivity contribution in [1.82, 2.24) is 0 Å². The number of hydrogen-bond donors (Lipinski definition) is 0. The minimum atomic E-state index is -1.84. The van der Waals surface area contributed by atoms with Gasteiger partial charge < -0.3 is 37.2 Å². The molecule has 1 aromatic carbocycles. The molecule has 0 radical (unpaired) electrons. The fraction of sp³-hybridized carbons (Fsp3) is 0.524. The first-order valence-electron chi connectivity index (χ1n) is 8.80. The van der Waals surface area contributed by atoms with E-state index < -0.39 is 8.07 Å². The maximum Gasteiger partial charge on any atom is -1.00 e. The van der Waals surface area contributed by atoms with E-state index in [2.05, 4.69) is 106 Å².